The zero-order chi connectivity index (χ0) is 15.3. The second-order valence-corrected chi connectivity index (χ2v) is 4.41. The Labute approximate surface area is 116 Å². The number of rotatable bonds is 5. The van der Waals surface area contributed by atoms with Gasteiger partial charge in [0.25, 0.3) is 11.6 Å². The molecule has 108 valence electrons. The van der Waals surface area contributed by atoms with Crippen molar-refractivity contribution in [1.82, 2.24) is 4.90 Å². The first-order chi connectivity index (χ1) is 9.36. The normalized spacial score (nSPS) is 10.2. The minimum Gasteiger partial charge on any atom is -0.468 e. The Morgan fingerprint density at radius 2 is 1.85 bits per heavy atom. The van der Waals surface area contributed by atoms with Crippen LogP contribution in [0.25, 0.3) is 0 Å². The van der Waals surface area contributed by atoms with Crippen molar-refractivity contribution in [2.75, 3.05) is 13.7 Å². The average Bonchev–Trinajstić information content (AvgIpc) is 2.43. The summed E-state index contributed by atoms with van der Waals surface area (Å²) in [6.45, 7) is 3.38. The molecule has 0 aliphatic rings. The molecule has 0 radical (unpaired) electrons. The highest BCUT2D eigenvalue weighted by molar-refractivity contribution is 5.96. The van der Waals surface area contributed by atoms with E-state index in [1.54, 1.807) is 13.8 Å². The van der Waals surface area contributed by atoms with E-state index in [0.717, 1.165) is 0 Å². The number of non-ortho nitro benzene ring substituents is 1. The van der Waals surface area contributed by atoms with Crippen LogP contribution in [0.1, 0.15) is 24.2 Å². The molecule has 0 unspecified atom stereocenters. The number of hydrogen-bond acceptors (Lipinski definition) is 5. The number of hydrogen-bond donors (Lipinski definition) is 0. The van der Waals surface area contributed by atoms with Gasteiger partial charge >= 0.3 is 5.97 Å². The third-order valence-corrected chi connectivity index (χ3v) is 2.74. The van der Waals surface area contributed by atoms with Crippen LogP contribution in [0, 0.1) is 10.1 Å². The van der Waals surface area contributed by atoms with Crippen molar-refractivity contribution >= 4 is 17.6 Å². The molecule has 1 rings (SSSR count). The third kappa shape index (κ3) is 3.78. The molecule has 0 aromatic heterocycles. The van der Waals surface area contributed by atoms with E-state index in [1.165, 1.54) is 36.3 Å². The fraction of sp³-hybridized carbons (Fsp3) is 0.385. The molecule has 0 saturated heterocycles. The standard InChI is InChI=1S/C13H16N2O5/c1-9(2)14(8-12(16)20-3)13(17)10-4-6-11(7-5-10)15(18)19/h4-7,9H,8H2,1-3H3. The zero-order valence-corrected chi connectivity index (χ0v) is 11.5. The summed E-state index contributed by atoms with van der Waals surface area (Å²) in [5, 5.41) is 10.6. The van der Waals surface area contributed by atoms with E-state index in [9.17, 15) is 19.7 Å². The summed E-state index contributed by atoms with van der Waals surface area (Å²) in [4.78, 5) is 34.9. The highest BCUT2D eigenvalue weighted by Gasteiger charge is 2.22. The van der Waals surface area contributed by atoms with Crippen LogP contribution in [0.3, 0.4) is 0 Å². The van der Waals surface area contributed by atoms with Crippen molar-refractivity contribution < 1.29 is 19.2 Å². The largest absolute Gasteiger partial charge is 0.468 e. The molecule has 0 heterocycles. The van der Waals surface area contributed by atoms with E-state index in [0.29, 0.717) is 0 Å². The summed E-state index contributed by atoms with van der Waals surface area (Å²) in [6, 6.07) is 5.05. The number of nitro groups is 1. The number of methoxy groups -OCH3 is 1. The van der Waals surface area contributed by atoms with Crippen molar-refractivity contribution in [2.24, 2.45) is 0 Å². The number of esters is 1. The van der Waals surface area contributed by atoms with E-state index < -0.39 is 10.9 Å². The maximum atomic E-state index is 12.3. The van der Waals surface area contributed by atoms with Crippen molar-refractivity contribution in [2.45, 2.75) is 19.9 Å². The Morgan fingerprint density at radius 3 is 2.25 bits per heavy atom. The van der Waals surface area contributed by atoms with Gasteiger partial charge in [-0.05, 0) is 26.0 Å². The number of amides is 1. The third-order valence-electron chi connectivity index (χ3n) is 2.74. The molecule has 7 heteroatoms. The van der Waals surface area contributed by atoms with Gasteiger partial charge in [-0.1, -0.05) is 0 Å². The first-order valence-electron chi connectivity index (χ1n) is 5.99. The molecule has 1 aromatic carbocycles. The van der Waals surface area contributed by atoms with Crippen LogP contribution in [0.5, 0.6) is 0 Å². The predicted octanol–water partition coefficient (Wildman–Crippen LogP) is 1.62. The molecule has 0 bridgehead atoms. The van der Waals surface area contributed by atoms with E-state index in [4.69, 9.17) is 0 Å². The number of carbonyl (C=O) groups excluding carboxylic acids is 2. The lowest BCUT2D eigenvalue weighted by Gasteiger charge is -2.25. The Morgan fingerprint density at radius 1 is 1.30 bits per heavy atom. The lowest BCUT2D eigenvalue weighted by Crippen LogP contribution is -2.41. The molecule has 0 spiro atoms. The first-order valence-corrected chi connectivity index (χ1v) is 5.99. The van der Waals surface area contributed by atoms with Gasteiger partial charge in [0.05, 0.1) is 12.0 Å². The van der Waals surface area contributed by atoms with Crippen LogP contribution in [0.4, 0.5) is 5.69 Å². The molecule has 20 heavy (non-hydrogen) atoms. The van der Waals surface area contributed by atoms with Gasteiger partial charge in [-0.15, -0.1) is 0 Å². The molecule has 0 atom stereocenters. The minimum absolute atomic E-state index is 0.0920. The van der Waals surface area contributed by atoms with Gasteiger partial charge in [0.1, 0.15) is 6.54 Å². The molecule has 7 nitrogen and oxygen atoms in total. The zero-order valence-electron chi connectivity index (χ0n) is 11.5. The van der Waals surface area contributed by atoms with E-state index in [1.807, 2.05) is 0 Å². The first kappa shape index (κ1) is 15.6. The Hall–Kier alpha value is -2.44. The van der Waals surface area contributed by atoms with Crippen LogP contribution < -0.4 is 0 Å². The van der Waals surface area contributed by atoms with Crippen LogP contribution in [-0.2, 0) is 9.53 Å². The molecule has 0 N–H and O–H groups in total. The summed E-state index contributed by atoms with van der Waals surface area (Å²) < 4.78 is 4.55. The molecule has 0 saturated carbocycles. The Balaban J connectivity index is 2.94. The predicted molar refractivity (Wildman–Crippen MR) is 71.3 cm³/mol. The van der Waals surface area contributed by atoms with Crippen LogP contribution in [-0.4, -0.2) is 41.4 Å². The van der Waals surface area contributed by atoms with Gasteiger partial charge in [-0.25, -0.2) is 0 Å². The van der Waals surface area contributed by atoms with Crippen molar-refractivity contribution in [3.05, 3.63) is 39.9 Å². The number of carbonyl (C=O) groups is 2. The number of nitro benzene ring substituents is 1. The second-order valence-electron chi connectivity index (χ2n) is 4.41. The van der Waals surface area contributed by atoms with Crippen molar-refractivity contribution in [3.63, 3.8) is 0 Å². The average molecular weight is 280 g/mol. The van der Waals surface area contributed by atoms with E-state index >= 15 is 0 Å². The maximum absolute atomic E-state index is 12.3. The summed E-state index contributed by atoms with van der Waals surface area (Å²) in [6.07, 6.45) is 0. The quantitative estimate of drug-likeness (QED) is 0.464. The Kier molecular flexibility index (Phi) is 5.19. The fourth-order valence-electron chi connectivity index (χ4n) is 1.58. The molecule has 0 fully saturated rings. The molecular formula is C13H16N2O5. The van der Waals surface area contributed by atoms with Crippen LogP contribution in [0.2, 0.25) is 0 Å². The van der Waals surface area contributed by atoms with Gasteiger partial charge in [0.15, 0.2) is 0 Å². The van der Waals surface area contributed by atoms with Gasteiger partial charge < -0.3 is 9.64 Å². The molecule has 0 aliphatic heterocycles. The van der Waals surface area contributed by atoms with Crippen LogP contribution >= 0.6 is 0 Å². The second kappa shape index (κ2) is 6.65. The SMILES string of the molecule is COC(=O)CN(C(=O)c1ccc([N+](=O)[O-])cc1)C(C)C. The molecule has 1 amide bonds. The lowest BCUT2D eigenvalue weighted by atomic mass is 10.1. The van der Waals surface area contributed by atoms with Crippen LogP contribution in [0.15, 0.2) is 24.3 Å². The molecular weight excluding hydrogens is 264 g/mol. The lowest BCUT2D eigenvalue weighted by molar-refractivity contribution is -0.384. The van der Waals surface area contributed by atoms with Gasteiger partial charge in [0, 0.05) is 23.7 Å². The highest BCUT2D eigenvalue weighted by atomic mass is 16.6. The minimum atomic E-state index is -0.539. The van der Waals surface area contributed by atoms with Gasteiger partial charge in [-0.3, -0.25) is 19.7 Å². The summed E-state index contributed by atoms with van der Waals surface area (Å²) in [5.41, 5.74) is 0.193. The number of benzene rings is 1. The maximum Gasteiger partial charge on any atom is 0.325 e. The topological polar surface area (TPSA) is 89.8 Å². The van der Waals surface area contributed by atoms with Gasteiger partial charge in [-0.2, -0.15) is 0 Å². The van der Waals surface area contributed by atoms with E-state index in [2.05, 4.69) is 4.74 Å². The highest BCUT2D eigenvalue weighted by Crippen LogP contribution is 2.14. The van der Waals surface area contributed by atoms with Crippen molar-refractivity contribution in [1.29, 1.82) is 0 Å². The summed E-state index contributed by atoms with van der Waals surface area (Å²) in [7, 11) is 1.25. The number of ether oxygens (including phenoxy) is 1. The Bertz CT molecular complexity index is 510. The summed E-state index contributed by atoms with van der Waals surface area (Å²) in [5.74, 6) is -0.894. The smallest absolute Gasteiger partial charge is 0.325 e. The monoisotopic (exact) mass is 280 g/mol. The molecule has 0 aliphatic carbocycles. The molecule has 1 aromatic rings. The fourth-order valence-corrected chi connectivity index (χ4v) is 1.58. The number of nitrogens with zero attached hydrogens (tertiary/aromatic N) is 2. The van der Waals surface area contributed by atoms with Gasteiger partial charge in [0.2, 0.25) is 0 Å². The summed E-state index contributed by atoms with van der Waals surface area (Å²) >= 11 is 0. The van der Waals surface area contributed by atoms with E-state index in [-0.39, 0.29) is 29.7 Å². The van der Waals surface area contributed by atoms with Crippen molar-refractivity contribution in [3.8, 4) is 0 Å².